The van der Waals surface area contributed by atoms with Crippen molar-refractivity contribution in [2.24, 2.45) is 0 Å². The summed E-state index contributed by atoms with van der Waals surface area (Å²) in [5.41, 5.74) is 1.85. The summed E-state index contributed by atoms with van der Waals surface area (Å²) in [7, 11) is 3.09. The van der Waals surface area contributed by atoms with Crippen LogP contribution in [-0.2, 0) is 16.0 Å². The maximum atomic E-state index is 12.5. The van der Waals surface area contributed by atoms with Crippen LogP contribution in [0.3, 0.4) is 0 Å². The first-order valence-electron chi connectivity index (χ1n) is 8.23. The minimum atomic E-state index is -0.541. The minimum absolute atomic E-state index is 0.137. The van der Waals surface area contributed by atoms with Crippen molar-refractivity contribution in [1.29, 1.82) is 0 Å². The van der Waals surface area contributed by atoms with Gasteiger partial charge in [-0.3, -0.25) is 9.59 Å². The van der Waals surface area contributed by atoms with Gasteiger partial charge in [-0.15, -0.1) is 0 Å². The summed E-state index contributed by atoms with van der Waals surface area (Å²) in [6.45, 7) is 1.68. The topological polar surface area (TPSA) is 85.9 Å². The number of halogens is 1. The highest BCUT2D eigenvalue weighted by Gasteiger charge is 2.23. The third-order valence-electron chi connectivity index (χ3n) is 4.10. The highest BCUT2D eigenvalue weighted by molar-refractivity contribution is 9.10. The fraction of sp³-hybridized carbons (Fsp3) is 0.263. The van der Waals surface area contributed by atoms with Crippen LogP contribution < -0.4 is 24.8 Å². The zero-order valence-corrected chi connectivity index (χ0v) is 16.7. The van der Waals surface area contributed by atoms with Gasteiger partial charge in [0, 0.05) is 10.2 Å². The van der Waals surface area contributed by atoms with Crippen molar-refractivity contribution in [3.63, 3.8) is 0 Å². The quantitative estimate of drug-likeness (QED) is 0.753. The lowest BCUT2D eigenvalue weighted by atomic mass is 10.1. The van der Waals surface area contributed by atoms with Crippen molar-refractivity contribution in [2.45, 2.75) is 19.4 Å². The van der Waals surface area contributed by atoms with E-state index in [1.54, 1.807) is 51.5 Å². The van der Waals surface area contributed by atoms with Gasteiger partial charge in [-0.2, -0.15) is 0 Å². The molecule has 0 saturated carbocycles. The standard InChI is InChI=1S/C19H19BrN2O5/c1-10-19(24)22-14-8-12(4-5-15(14)27-10)21-18(23)7-11-6-16(25-2)17(26-3)9-13(11)20/h4-6,8-10H,7H2,1-3H3,(H,21,23)(H,22,24)/t10-/m0/s1. The van der Waals surface area contributed by atoms with Crippen LogP contribution in [0.4, 0.5) is 11.4 Å². The number of anilines is 2. The van der Waals surface area contributed by atoms with E-state index in [-0.39, 0.29) is 18.2 Å². The summed E-state index contributed by atoms with van der Waals surface area (Å²) in [4.78, 5) is 24.2. The van der Waals surface area contributed by atoms with Gasteiger partial charge in [-0.05, 0) is 42.8 Å². The van der Waals surface area contributed by atoms with Gasteiger partial charge in [0.2, 0.25) is 5.91 Å². The first-order chi connectivity index (χ1) is 12.9. The Hall–Kier alpha value is -2.74. The molecule has 1 aliphatic rings. The monoisotopic (exact) mass is 434 g/mol. The number of ether oxygens (including phenoxy) is 3. The Morgan fingerprint density at radius 1 is 1.22 bits per heavy atom. The Labute approximate surface area is 165 Å². The number of benzene rings is 2. The predicted octanol–water partition coefficient (Wildman–Crippen LogP) is 3.37. The zero-order valence-electron chi connectivity index (χ0n) is 15.1. The molecule has 1 heterocycles. The van der Waals surface area contributed by atoms with Crippen LogP contribution in [0.5, 0.6) is 17.2 Å². The molecular weight excluding hydrogens is 416 g/mol. The highest BCUT2D eigenvalue weighted by atomic mass is 79.9. The average molecular weight is 435 g/mol. The lowest BCUT2D eigenvalue weighted by molar-refractivity contribution is -0.122. The van der Waals surface area contributed by atoms with E-state index in [0.717, 1.165) is 10.0 Å². The molecule has 0 aliphatic carbocycles. The van der Waals surface area contributed by atoms with Gasteiger partial charge in [0.25, 0.3) is 5.91 Å². The molecule has 2 N–H and O–H groups in total. The van der Waals surface area contributed by atoms with Crippen LogP contribution in [0.25, 0.3) is 0 Å². The van der Waals surface area contributed by atoms with Gasteiger partial charge >= 0.3 is 0 Å². The highest BCUT2D eigenvalue weighted by Crippen LogP contribution is 2.34. The van der Waals surface area contributed by atoms with E-state index in [0.29, 0.717) is 28.6 Å². The van der Waals surface area contributed by atoms with Crippen LogP contribution in [0.15, 0.2) is 34.8 Å². The smallest absolute Gasteiger partial charge is 0.265 e. The van der Waals surface area contributed by atoms with Gasteiger partial charge in [0.05, 0.1) is 26.3 Å². The van der Waals surface area contributed by atoms with Crippen LogP contribution in [-0.4, -0.2) is 32.1 Å². The third kappa shape index (κ3) is 4.16. The largest absolute Gasteiger partial charge is 0.493 e. The summed E-state index contributed by atoms with van der Waals surface area (Å²) >= 11 is 3.45. The fourth-order valence-corrected chi connectivity index (χ4v) is 3.16. The lowest BCUT2D eigenvalue weighted by Crippen LogP contribution is -2.34. The van der Waals surface area contributed by atoms with Crippen LogP contribution in [0, 0.1) is 0 Å². The molecule has 2 aromatic carbocycles. The third-order valence-corrected chi connectivity index (χ3v) is 4.84. The van der Waals surface area contributed by atoms with E-state index in [2.05, 4.69) is 26.6 Å². The number of fused-ring (bicyclic) bond motifs is 1. The van der Waals surface area contributed by atoms with Crippen molar-refractivity contribution < 1.29 is 23.8 Å². The number of carbonyl (C=O) groups excluding carboxylic acids is 2. The molecule has 1 atom stereocenters. The summed E-state index contributed by atoms with van der Waals surface area (Å²) in [6.07, 6.45) is -0.405. The molecule has 0 unspecified atom stereocenters. The Morgan fingerprint density at radius 3 is 2.63 bits per heavy atom. The second-order valence-corrected chi connectivity index (χ2v) is 6.84. The molecule has 0 aromatic heterocycles. The zero-order chi connectivity index (χ0) is 19.6. The number of rotatable bonds is 5. The summed E-state index contributed by atoms with van der Waals surface area (Å²) in [6, 6.07) is 8.62. The first kappa shape index (κ1) is 19.0. The molecular formula is C19H19BrN2O5. The fourth-order valence-electron chi connectivity index (χ4n) is 2.70. The number of carbonyl (C=O) groups is 2. The molecule has 142 valence electrons. The molecule has 0 saturated heterocycles. The van der Waals surface area contributed by atoms with Gasteiger partial charge in [0.1, 0.15) is 5.75 Å². The molecule has 7 nitrogen and oxygen atoms in total. The number of hydrogen-bond acceptors (Lipinski definition) is 5. The van der Waals surface area contributed by atoms with E-state index >= 15 is 0 Å². The number of amides is 2. The van der Waals surface area contributed by atoms with Crippen molar-refractivity contribution in [3.8, 4) is 17.2 Å². The molecule has 0 spiro atoms. The van der Waals surface area contributed by atoms with Crippen LogP contribution >= 0.6 is 15.9 Å². The molecule has 2 amide bonds. The Balaban J connectivity index is 1.73. The van der Waals surface area contributed by atoms with Crippen LogP contribution in [0.2, 0.25) is 0 Å². The number of methoxy groups -OCH3 is 2. The molecule has 1 aliphatic heterocycles. The Bertz CT molecular complexity index is 900. The average Bonchev–Trinajstić information content (AvgIpc) is 2.64. The molecule has 0 bridgehead atoms. The summed E-state index contributed by atoms with van der Waals surface area (Å²) < 4.78 is 16.8. The molecule has 0 fully saturated rings. The van der Waals surface area contributed by atoms with Crippen molar-refractivity contribution in [2.75, 3.05) is 24.9 Å². The SMILES string of the molecule is COc1cc(Br)c(CC(=O)Nc2ccc3c(c2)NC(=O)[C@H](C)O3)cc1OC. The first-order valence-corrected chi connectivity index (χ1v) is 9.02. The number of hydrogen-bond donors (Lipinski definition) is 2. The lowest BCUT2D eigenvalue weighted by Gasteiger charge is -2.23. The molecule has 3 rings (SSSR count). The molecule has 27 heavy (non-hydrogen) atoms. The number of nitrogens with one attached hydrogen (secondary N) is 2. The molecule has 2 aromatic rings. The summed E-state index contributed by atoms with van der Waals surface area (Å²) in [5.74, 6) is 1.27. The van der Waals surface area contributed by atoms with E-state index in [4.69, 9.17) is 14.2 Å². The van der Waals surface area contributed by atoms with Crippen molar-refractivity contribution in [3.05, 3.63) is 40.4 Å². The second kappa shape index (κ2) is 7.87. The Morgan fingerprint density at radius 2 is 1.93 bits per heavy atom. The van der Waals surface area contributed by atoms with Crippen molar-refractivity contribution in [1.82, 2.24) is 0 Å². The van der Waals surface area contributed by atoms with Crippen molar-refractivity contribution >= 4 is 39.1 Å². The van der Waals surface area contributed by atoms with Gasteiger partial charge < -0.3 is 24.8 Å². The van der Waals surface area contributed by atoms with E-state index in [9.17, 15) is 9.59 Å². The molecule has 0 radical (unpaired) electrons. The maximum Gasteiger partial charge on any atom is 0.265 e. The second-order valence-electron chi connectivity index (χ2n) is 5.98. The summed E-state index contributed by atoms with van der Waals surface area (Å²) in [5, 5.41) is 5.58. The van der Waals surface area contributed by atoms with Gasteiger partial charge in [-0.1, -0.05) is 15.9 Å². The van der Waals surface area contributed by atoms with E-state index in [1.165, 1.54) is 0 Å². The van der Waals surface area contributed by atoms with E-state index in [1.807, 2.05) is 0 Å². The predicted molar refractivity (Wildman–Crippen MR) is 105 cm³/mol. The van der Waals surface area contributed by atoms with Gasteiger partial charge in [0.15, 0.2) is 17.6 Å². The maximum absolute atomic E-state index is 12.5. The minimum Gasteiger partial charge on any atom is -0.493 e. The van der Waals surface area contributed by atoms with Crippen LogP contribution in [0.1, 0.15) is 12.5 Å². The normalized spacial score (nSPS) is 15.3. The van der Waals surface area contributed by atoms with E-state index < -0.39 is 6.10 Å². The van der Waals surface area contributed by atoms with Gasteiger partial charge in [-0.25, -0.2) is 0 Å². The Kier molecular flexibility index (Phi) is 5.55. The molecule has 8 heteroatoms.